The van der Waals surface area contributed by atoms with Crippen LogP contribution in [0.4, 0.5) is 0 Å². The molecule has 2 aromatic carbocycles. The van der Waals surface area contributed by atoms with Crippen molar-refractivity contribution >= 4 is 43.8 Å². The summed E-state index contributed by atoms with van der Waals surface area (Å²) in [6.07, 6.45) is -2.95. The van der Waals surface area contributed by atoms with Crippen molar-refractivity contribution in [2.75, 3.05) is 18.1 Å². The minimum absolute atomic E-state index is 0.0125. The average Bonchev–Trinajstić information content (AvgIpc) is 3.20. The molecule has 3 atom stereocenters. The molecular weight excluding hydrogens is 541 g/mol. The lowest BCUT2D eigenvalue weighted by atomic mass is 10.2. The number of thioether (sulfide) groups is 2. The fourth-order valence-corrected chi connectivity index (χ4v) is 8.52. The Balaban J connectivity index is 1.93. The summed E-state index contributed by atoms with van der Waals surface area (Å²) >= 11 is 3.34. The Morgan fingerprint density at radius 2 is 1.22 bits per heavy atom. The van der Waals surface area contributed by atoms with Crippen molar-refractivity contribution in [3.8, 4) is 0 Å². The van der Waals surface area contributed by atoms with E-state index in [-0.39, 0.29) is 21.0 Å². The summed E-state index contributed by atoms with van der Waals surface area (Å²) in [4.78, 5) is -0.0282. The van der Waals surface area contributed by atoms with E-state index in [2.05, 4.69) is 27.7 Å². The predicted octanol–water partition coefficient (Wildman–Crippen LogP) is 5.04. The highest BCUT2D eigenvalue weighted by Gasteiger charge is 2.48. The maximum absolute atomic E-state index is 13.2. The monoisotopic (exact) mass is 574 g/mol. The second kappa shape index (κ2) is 13.1. The molecule has 0 spiro atoms. The highest BCUT2D eigenvalue weighted by Crippen LogP contribution is 2.39. The van der Waals surface area contributed by atoms with Crippen LogP contribution in [0.5, 0.6) is 0 Å². The van der Waals surface area contributed by atoms with Crippen LogP contribution in [0.25, 0.3) is 0 Å². The van der Waals surface area contributed by atoms with Crippen molar-refractivity contribution < 1.29 is 29.9 Å². The van der Waals surface area contributed by atoms with Gasteiger partial charge in [-0.1, -0.05) is 64.1 Å². The first-order valence-corrected chi connectivity index (χ1v) is 16.7. The second-order valence-corrected chi connectivity index (χ2v) is 15.1. The smallest absolute Gasteiger partial charge is 0.297 e. The van der Waals surface area contributed by atoms with E-state index in [0.717, 1.165) is 11.5 Å². The van der Waals surface area contributed by atoms with E-state index in [1.54, 1.807) is 59.9 Å². The van der Waals surface area contributed by atoms with Crippen LogP contribution in [0.1, 0.15) is 27.7 Å². The molecular formula is C25H34O7S4. The van der Waals surface area contributed by atoms with Gasteiger partial charge in [0.05, 0.1) is 21.0 Å². The molecule has 3 rings (SSSR count). The molecule has 1 fully saturated rings. The molecule has 0 N–H and O–H groups in total. The molecule has 36 heavy (non-hydrogen) atoms. The zero-order valence-electron chi connectivity index (χ0n) is 20.8. The second-order valence-electron chi connectivity index (χ2n) is 9.35. The lowest BCUT2D eigenvalue weighted by molar-refractivity contribution is 0.0604. The van der Waals surface area contributed by atoms with Gasteiger partial charge in [0, 0.05) is 0 Å². The summed E-state index contributed by atoms with van der Waals surface area (Å²) < 4.78 is 69.5. The number of hydrogen-bond donors (Lipinski definition) is 0. The van der Waals surface area contributed by atoms with Gasteiger partial charge in [0.1, 0.15) is 18.3 Å². The third-order valence-corrected chi connectivity index (χ3v) is 11.6. The Morgan fingerprint density at radius 3 is 1.67 bits per heavy atom. The molecule has 200 valence electrons. The van der Waals surface area contributed by atoms with E-state index < -0.39 is 38.5 Å². The van der Waals surface area contributed by atoms with Gasteiger partial charge in [-0.2, -0.15) is 16.8 Å². The van der Waals surface area contributed by atoms with Gasteiger partial charge in [-0.15, -0.1) is 23.5 Å². The molecule has 1 saturated heterocycles. The molecule has 2 aromatic rings. The third-order valence-electron chi connectivity index (χ3n) is 5.15. The minimum Gasteiger partial charge on any atom is -0.370 e. The summed E-state index contributed by atoms with van der Waals surface area (Å²) in [5.74, 6) is 2.50. The predicted molar refractivity (Wildman–Crippen MR) is 145 cm³/mol. The molecule has 0 aliphatic carbocycles. The molecule has 7 nitrogen and oxygen atoms in total. The third kappa shape index (κ3) is 8.21. The topological polar surface area (TPSA) is 96.0 Å². The Kier molecular flexibility index (Phi) is 10.7. The first kappa shape index (κ1) is 29.5. The first-order chi connectivity index (χ1) is 17.0. The van der Waals surface area contributed by atoms with Crippen LogP contribution in [0, 0.1) is 11.8 Å². The van der Waals surface area contributed by atoms with E-state index in [1.807, 2.05) is 0 Å². The van der Waals surface area contributed by atoms with E-state index in [4.69, 9.17) is 13.1 Å². The SMILES string of the molecule is CC(C)CSC(SCC(C)C)[C@@H]1OC[C@@H](OS(=O)(=O)c2ccccc2)[C@@H]1OS(=O)(=O)c1ccccc1. The zero-order valence-corrected chi connectivity index (χ0v) is 24.1. The number of benzene rings is 2. The zero-order chi connectivity index (χ0) is 26.3. The molecule has 11 heteroatoms. The summed E-state index contributed by atoms with van der Waals surface area (Å²) in [7, 11) is -8.37. The van der Waals surface area contributed by atoms with Gasteiger partial charge in [0.25, 0.3) is 20.2 Å². The van der Waals surface area contributed by atoms with Gasteiger partial charge in [0.15, 0.2) is 0 Å². The fourth-order valence-electron chi connectivity index (χ4n) is 3.45. The Morgan fingerprint density at radius 1 is 0.778 bits per heavy atom. The molecule has 1 aliphatic heterocycles. The summed E-state index contributed by atoms with van der Waals surface area (Å²) in [6.45, 7) is 8.34. The lowest BCUT2D eigenvalue weighted by Gasteiger charge is -2.29. The summed E-state index contributed by atoms with van der Waals surface area (Å²) in [5.41, 5.74) is 0. The minimum atomic E-state index is -4.20. The highest BCUT2D eigenvalue weighted by molar-refractivity contribution is 8.17. The van der Waals surface area contributed by atoms with Crippen LogP contribution in [-0.4, -0.2) is 57.8 Å². The van der Waals surface area contributed by atoms with Crippen molar-refractivity contribution in [3.05, 3.63) is 60.7 Å². The standard InChI is InChI=1S/C25H34O7S4/c1-18(2)16-33-25(34-17-19(3)4)24-23(32-36(28,29)21-13-9-6-10-14-21)22(15-30-24)31-35(26,27)20-11-7-5-8-12-20/h5-14,18-19,22-25H,15-17H2,1-4H3/t22-,23+,24-/m1/s1. The van der Waals surface area contributed by atoms with E-state index in [0.29, 0.717) is 11.8 Å². The first-order valence-electron chi connectivity index (χ1n) is 11.8. The molecule has 0 unspecified atom stereocenters. The Bertz CT molecular complexity index is 1140. The van der Waals surface area contributed by atoms with Crippen LogP contribution in [0.2, 0.25) is 0 Å². The molecule has 0 amide bonds. The van der Waals surface area contributed by atoms with Gasteiger partial charge in [-0.25, -0.2) is 0 Å². The van der Waals surface area contributed by atoms with Gasteiger partial charge < -0.3 is 4.74 Å². The van der Waals surface area contributed by atoms with Gasteiger partial charge in [0.2, 0.25) is 0 Å². The molecule has 0 bridgehead atoms. The van der Waals surface area contributed by atoms with Crippen LogP contribution in [-0.2, 0) is 33.3 Å². The Hall–Kier alpha value is -1.08. The number of ether oxygens (including phenoxy) is 1. The molecule has 0 radical (unpaired) electrons. The summed E-state index contributed by atoms with van der Waals surface area (Å²) in [5, 5.41) is 0. The molecule has 1 heterocycles. The van der Waals surface area contributed by atoms with Crippen LogP contribution in [0.3, 0.4) is 0 Å². The molecule has 0 aromatic heterocycles. The fraction of sp³-hybridized carbons (Fsp3) is 0.520. The van der Waals surface area contributed by atoms with E-state index >= 15 is 0 Å². The van der Waals surface area contributed by atoms with Crippen molar-refractivity contribution in [3.63, 3.8) is 0 Å². The lowest BCUT2D eigenvalue weighted by Crippen LogP contribution is -2.42. The van der Waals surface area contributed by atoms with Crippen LogP contribution < -0.4 is 0 Å². The van der Waals surface area contributed by atoms with Crippen molar-refractivity contribution in [1.29, 1.82) is 0 Å². The van der Waals surface area contributed by atoms with Crippen LogP contribution >= 0.6 is 23.5 Å². The van der Waals surface area contributed by atoms with E-state index in [1.165, 1.54) is 24.3 Å². The van der Waals surface area contributed by atoms with Gasteiger partial charge in [-0.3, -0.25) is 8.37 Å². The Labute approximate surface area is 223 Å². The maximum atomic E-state index is 13.2. The molecule has 1 aliphatic rings. The summed E-state index contributed by atoms with van der Waals surface area (Å²) in [6, 6.07) is 15.5. The maximum Gasteiger partial charge on any atom is 0.297 e. The van der Waals surface area contributed by atoms with Crippen molar-refractivity contribution in [2.24, 2.45) is 11.8 Å². The van der Waals surface area contributed by atoms with Gasteiger partial charge >= 0.3 is 0 Å². The highest BCUT2D eigenvalue weighted by atomic mass is 32.2. The molecule has 0 saturated carbocycles. The van der Waals surface area contributed by atoms with Gasteiger partial charge in [-0.05, 0) is 47.6 Å². The quantitative estimate of drug-likeness (QED) is 0.241. The largest absolute Gasteiger partial charge is 0.370 e. The van der Waals surface area contributed by atoms with Crippen molar-refractivity contribution in [2.45, 2.75) is 60.4 Å². The number of rotatable bonds is 13. The number of hydrogen-bond acceptors (Lipinski definition) is 9. The van der Waals surface area contributed by atoms with E-state index in [9.17, 15) is 16.8 Å². The average molecular weight is 575 g/mol. The normalized spacial score (nSPS) is 21.0. The van der Waals surface area contributed by atoms with Crippen molar-refractivity contribution in [1.82, 2.24) is 0 Å². The van der Waals surface area contributed by atoms with Crippen LogP contribution in [0.15, 0.2) is 70.5 Å².